The van der Waals surface area contributed by atoms with Crippen molar-refractivity contribution in [2.24, 2.45) is 46.0 Å². The smallest absolute Gasteiger partial charge is 0.0934 e. The lowest BCUT2D eigenvalue weighted by Crippen LogP contribution is -2.75. The van der Waals surface area contributed by atoms with Crippen LogP contribution in [0.3, 0.4) is 0 Å². The molecule has 394 valence electrons. The van der Waals surface area contributed by atoms with E-state index < -0.39 is 0 Å². The Morgan fingerprint density at radius 3 is 2.10 bits per heavy atom. The minimum Gasteiger partial charge on any atom is -0.381 e. The average Bonchev–Trinajstić information content (AvgIpc) is 3.61. The monoisotopic (exact) mass is 952 g/mol. The molecule has 1 saturated heterocycles. The van der Waals surface area contributed by atoms with Crippen LogP contribution in [0.25, 0.3) is 0 Å². The normalized spacial score (nSPS) is 30.8. The van der Waals surface area contributed by atoms with Gasteiger partial charge in [0.2, 0.25) is 0 Å². The van der Waals surface area contributed by atoms with Gasteiger partial charge in [-0.15, -0.1) is 0 Å². The highest BCUT2D eigenvalue weighted by Gasteiger charge is 2.70. The van der Waals surface area contributed by atoms with Crippen LogP contribution in [0, 0.1) is 34.5 Å². The number of rotatable bonds is 36. The molecular weight excluding hydrogens is 843 g/mol. The molecule has 1 heterocycles. The van der Waals surface area contributed by atoms with E-state index in [4.69, 9.17) is 35.2 Å². The predicted octanol–water partition coefficient (Wildman–Crippen LogP) is 13.7. The van der Waals surface area contributed by atoms with E-state index in [0.717, 1.165) is 129 Å². The Hall–Kier alpha value is -1.10. The van der Waals surface area contributed by atoms with Crippen LogP contribution < -0.4 is 11.5 Å². The van der Waals surface area contributed by atoms with Crippen LogP contribution in [-0.4, -0.2) is 101 Å². The van der Waals surface area contributed by atoms with Crippen molar-refractivity contribution in [3.8, 4) is 0 Å². The zero-order valence-electron chi connectivity index (χ0n) is 45.4. The third-order valence-electron chi connectivity index (χ3n) is 18.4. The number of fused-ring (bicyclic) bond motifs is 5. The fraction of sp³-hybridized carbons (Fsp3) is 0.900. The van der Waals surface area contributed by atoms with Gasteiger partial charge in [-0.2, -0.15) is 0 Å². The van der Waals surface area contributed by atoms with E-state index in [1.165, 1.54) is 109 Å². The summed E-state index contributed by atoms with van der Waals surface area (Å²) in [6.45, 7) is 23.4. The predicted molar refractivity (Wildman–Crippen MR) is 286 cm³/mol. The molecule has 0 aromatic heterocycles. The van der Waals surface area contributed by atoms with Gasteiger partial charge < -0.3 is 35.2 Å². The summed E-state index contributed by atoms with van der Waals surface area (Å²) in [6.07, 6.45) is 45.1. The molecule has 4 aliphatic carbocycles. The maximum absolute atomic E-state index is 7.76. The highest BCUT2D eigenvalue weighted by molar-refractivity contribution is 5.35. The largest absolute Gasteiger partial charge is 0.381 e. The lowest BCUT2D eigenvalue weighted by atomic mass is 9.41. The Bertz CT molecular complexity index is 1450. The van der Waals surface area contributed by atoms with Crippen molar-refractivity contribution in [2.75, 3.05) is 72.5 Å². The van der Waals surface area contributed by atoms with E-state index in [9.17, 15) is 0 Å². The summed E-state index contributed by atoms with van der Waals surface area (Å²) in [5.74, 6) is 2.58. The van der Waals surface area contributed by atoms with Gasteiger partial charge in [-0.1, -0.05) is 148 Å². The third kappa shape index (κ3) is 17.0. The lowest BCUT2D eigenvalue weighted by Gasteiger charge is -2.67. The summed E-state index contributed by atoms with van der Waals surface area (Å²) < 4.78 is 30.8. The fourth-order valence-corrected chi connectivity index (χ4v) is 13.8. The summed E-state index contributed by atoms with van der Waals surface area (Å²) >= 11 is 0. The Balaban J connectivity index is 0.896. The van der Waals surface area contributed by atoms with Crippen LogP contribution in [-0.2, 0) is 23.7 Å². The van der Waals surface area contributed by atoms with Gasteiger partial charge in [0.25, 0.3) is 0 Å². The van der Waals surface area contributed by atoms with Crippen LogP contribution in [0.5, 0.6) is 0 Å². The topological polar surface area (TPSA) is 101 Å². The molecule has 3 saturated carbocycles. The van der Waals surface area contributed by atoms with Crippen LogP contribution >= 0.6 is 0 Å². The fourth-order valence-electron chi connectivity index (χ4n) is 13.8. The molecule has 8 nitrogen and oxygen atoms in total. The summed E-state index contributed by atoms with van der Waals surface area (Å²) in [5.41, 5.74) is 16.8. The highest BCUT2D eigenvalue weighted by Crippen LogP contribution is 2.69. The average molecular weight is 953 g/mol. The minimum atomic E-state index is -0.234. The first kappa shape index (κ1) is 57.8. The molecule has 9 atom stereocenters. The zero-order valence-corrected chi connectivity index (χ0v) is 45.4. The Morgan fingerprint density at radius 1 is 0.706 bits per heavy atom. The van der Waals surface area contributed by atoms with E-state index in [0.29, 0.717) is 31.7 Å². The van der Waals surface area contributed by atoms with Gasteiger partial charge in [0.1, 0.15) is 0 Å². The molecule has 0 amide bonds. The molecular formula is C60H109N3O5. The second-order valence-electron chi connectivity index (χ2n) is 23.6. The van der Waals surface area contributed by atoms with Gasteiger partial charge in [0, 0.05) is 69.2 Å². The van der Waals surface area contributed by atoms with Crippen molar-refractivity contribution in [1.82, 2.24) is 4.90 Å². The first-order valence-electron chi connectivity index (χ1n) is 29.2. The van der Waals surface area contributed by atoms with Gasteiger partial charge in [0.05, 0.1) is 32.0 Å². The van der Waals surface area contributed by atoms with Gasteiger partial charge in [0.15, 0.2) is 0 Å². The van der Waals surface area contributed by atoms with E-state index in [2.05, 4.69) is 76.8 Å². The number of hydrogen-bond acceptors (Lipinski definition) is 8. The molecule has 4 N–H and O–H groups in total. The minimum absolute atomic E-state index is 0.00548. The van der Waals surface area contributed by atoms with Crippen LogP contribution in [0.2, 0.25) is 0 Å². The van der Waals surface area contributed by atoms with Crippen molar-refractivity contribution < 1.29 is 23.7 Å². The number of nitrogens with two attached hydrogens (primary N) is 2. The van der Waals surface area contributed by atoms with E-state index in [-0.39, 0.29) is 34.1 Å². The van der Waals surface area contributed by atoms with Gasteiger partial charge in [-0.3, -0.25) is 4.90 Å². The zero-order chi connectivity index (χ0) is 48.6. The van der Waals surface area contributed by atoms with Crippen LogP contribution in [0.4, 0.5) is 0 Å². The second kappa shape index (κ2) is 30.8. The van der Waals surface area contributed by atoms with Gasteiger partial charge in [-0.05, 0) is 132 Å². The number of morpholine rings is 1. The van der Waals surface area contributed by atoms with Gasteiger partial charge in [-0.25, -0.2) is 0 Å². The summed E-state index contributed by atoms with van der Waals surface area (Å²) in [6, 6.07) is 0. The second-order valence-corrected chi connectivity index (χ2v) is 23.6. The Kier molecular flexibility index (Phi) is 26.2. The highest BCUT2D eigenvalue weighted by atomic mass is 16.5. The molecule has 0 aromatic rings. The van der Waals surface area contributed by atoms with E-state index in [1.807, 2.05) is 0 Å². The molecule has 1 aliphatic heterocycles. The Labute approximate surface area is 419 Å². The molecule has 8 heteroatoms. The standard InChI is InChI=1S/C60H109N3O5/c1-7-8-9-10-11-12-13-14-15-16-17-18-19-20-21-22-23-24-40-66-49-54(48-63-38-45-65-46-39-63)68-44-27-42-64-41-26-43-67-53-32-34-57(5)52(47-53)30-31-56-59(61)35-33-55(51(4)29-25-28-50(2)3)58(59,6)36-37-60(56,57)62/h11-12,14-15,30,50-51,53-56H,7-10,13,16-29,31-49,61-62H2,1-6H3/b12-11-,15-14-/t51-,53+,54?,55-,56+,57+,58-,59-,60-/m1/s1. The van der Waals surface area contributed by atoms with Crippen LogP contribution in [0.15, 0.2) is 36.0 Å². The molecule has 0 aromatic carbocycles. The van der Waals surface area contributed by atoms with Crippen molar-refractivity contribution >= 4 is 0 Å². The van der Waals surface area contributed by atoms with Crippen molar-refractivity contribution in [3.05, 3.63) is 36.0 Å². The molecule has 0 spiro atoms. The summed E-state index contributed by atoms with van der Waals surface area (Å²) in [5, 5.41) is 0. The first-order chi connectivity index (χ1) is 33.0. The molecule has 4 fully saturated rings. The molecule has 0 radical (unpaired) electrons. The molecule has 68 heavy (non-hydrogen) atoms. The number of unbranched alkanes of at least 4 members (excludes halogenated alkanes) is 11. The molecule has 1 unspecified atom stereocenters. The number of allylic oxidation sites excluding steroid dienone is 5. The number of ether oxygens (including phenoxy) is 5. The van der Waals surface area contributed by atoms with E-state index in [1.54, 1.807) is 5.57 Å². The van der Waals surface area contributed by atoms with Crippen molar-refractivity contribution in [1.29, 1.82) is 0 Å². The SMILES string of the molecule is CCCCC/C=C\C/C=C\CCCCCCCCCCOCC(CN1CCOCC1)OCCCOCCCO[C@H]1CC[C@@]2(C)C(=CC[C@@H]3[C@]2(N)CC[C@]2(C)[C@@H]([C@H](C)CCCC(C)C)CC[C@@]32N)C1. The maximum Gasteiger partial charge on any atom is 0.0934 e. The third-order valence-corrected chi connectivity index (χ3v) is 18.4. The maximum atomic E-state index is 7.76. The summed E-state index contributed by atoms with van der Waals surface area (Å²) in [4.78, 5) is 2.46. The van der Waals surface area contributed by atoms with E-state index >= 15 is 0 Å². The number of nitrogens with zero attached hydrogens (tertiary/aromatic N) is 1. The molecule has 5 aliphatic rings. The molecule has 0 bridgehead atoms. The lowest BCUT2D eigenvalue weighted by molar-refractivity contribution is -0.0942. The van der Waals surface area contributed by atoms with Crippen LogP contribution in [0.1, 0.15) is 215 Å². The first-order valence-corrected chi connectivity index (χ1v) is 29.2. The number of hydrogen-bond donors (Lipinski definition) is 2. The molecule has 5 rings (SSSR count). The summed E-state index contributed by atoms with van der Waals surface area (Å²) in [7, 11) is 0. The quantitative estimate of drug-likeness (QED) is 0.0473. The van der Waals surface area contributed by atoms with Crippen molar-refractivity contribution in [2.45, 2.75) is 238 Å². The van der Waals surface area contributed by atoms with Crippen molar-refractivity contribution in [3.63, 3.8) is 0 Å². The Morgan fingerprint density at radius 2 is 1.38 bits per heavy atom. The van der Waals surface area contributed by atoms with Gasteiger partial charge >= 0.3 is 0 Å².